The van der Waals surface area contributed by atoms with Crippen molar-refractivity contribution in [1.29, 1.82) is 0 Å². The molecule has 0 spiro atoms. The predicted molar refractivity (Wildman–Crippen MR) is 100 cm³/mol. The van der Waals surface area contributed by atoms with Gasteiger partial charge in [0.25, 0.3) is 0 Å². The number of ether oxygens (including phenoxy) is 4. The average Bonchev–Trinajstić information content (AvgIpc) is 2.56. The van der Waals surface area contributed by atoms with E-state index in [1.165, 1.54) is 7.11 Å². The number of carbonyl (C=O) groups excluding carboxylic acids is 3. The molecule has 27 heavy (non-hydrogen) atoms. The number of methoxy groups -OCH3 is 1. The molecule has 8 nitrogen and oxygen atoms in total. The van der Waals surface area contributed by atoms with Gasteiger partial charge < -0.3 is 24.3 Å². The number of nitrogens with one attached hydrogen (secondary N) is 1. The van der Waals surface area contributed by atoms with Crippen LogP contribution >= 0.6 is 0 Å². The van der Waals surface area contributed by atoms with E-state index in [9.17, 15) is 14.4 Å². The third kappa shape index (κ3) is 10.7. The summed E-state index contributed by atoms with van der Waals surface area (Å²) in [6.07, 6.45) is -1.21. The third-order valence-electron chi connectivity index (χ3n) is 4.19. The lowest BCUT2D eigenvalue weighted by Gasteiger charge is -2.25. The van der Waals surface area contributed by atoms with Gasteiger partial charge in [-0.05, 0) is 25.2 Å². The number of hydrogen-bond donors (Lipinski definition) is 1. The Hall–Kier alpha value is -1.99. The normalized spacial score (nSPS) is 13.7. The summed E-state index contributed by atoms with van der Waals surface area (Å²) in [6.45, 7) is 13.4. The smallest absolute Gasteiger partial charge is 0.461 e. The van der Waals surface area contributed by atoms with E-state index in [-0.39, 0.29) is 31.2 Å². The van der Waals surface area contributed by atoms with E-state index in [4.69, 9.17) is 14.2 Å². The Balaban J connectivity index is 4.46. The molecule has 8 heteroatoms. The Bertz CT molecular complexity index is 488. The number of rotatable bonds is 10. The van der Waals surface area contributed by atoms with Gasteiger partial charge in [-0.1, -0.05) is 41.5 Å². The predicted octanol–water partition coefficient (Wildman–Crippen LogP) is 3.52. The zero-order chi connectivity index (χ0) is 21.2. The fraction of sp³-hybridized carbons (Fsp3) is 0.842. The maximum Gasteiger partial charge on any atom is 0.507 e. The average molecular weight is 389 g/mol. The summed E-state index contributed by atoms with van der Waals surface area (Å²) in [5.41, 5.74) is -0.391. The Morgan fingerprint density at radius 1 is 0.963 bits per heavy atom. The second kappa shape index (κ2) is 11.7. The van der Waals surface area contributed by atoms with Crippen LogP contribution in [0.3, 0.4) is 0 Å². The number of carbonyl (C=O) groups is 3. The molecule has 2 unspecified atom stereocenters. The summed E-state index contributed by atoms with van der Waals surface area (Å²) in [6, 6.07) is -0.783. The quantitative estimate of drug-likeness (QED) is 0.450. The second-order valence-corrected chi connectivity index (χ2v) is 8.04. The SMILES string of the molecule is COC(=O)OCC(C)(C)CCOC(=O)NC(C(=O)OC(C)C(C)C)C(C)C. The molecule has 158 valence electrons. The number of hydrogen-bond acceptors (Lipinski definition) is 7. The molecular formula is C19H35NO7. The van der Waals surface area contributed by atoms with Crippen LogP contribution in [0.15, 0.2) is 0 Å². The lowest BCUT2D eigenvalue weighted by atomic mass is 9.91. The van der Waals surface area contributed by atoms with Crippen molar-refractivity contribution in [3.8, 4) is 0 Å². The summed E-state index contributed by atoms with van der Waals surface area (Å²) in [5.74, 6) is -0.438. The molecule has 0 heterocycles. The van der Waals surface area contributed by atoms with Crippen molar-refractivity contribution in [2.45, 2.75) is 67.0 Å². The number of alkyl carbamates (subject to hydrolysis) is 1. The van der Waals surface area contributed by atoms with E-state index < -0.39 is 29.7 Å². The summed E-state index contributed by atoms with van der Waals surface area (Å²) in [4.78, 5) is 35.4. The van der Waals surface area contributed by atoms with Crippen LogP contribution in [0.5, 0.6) is 0 Å². The standard InChI is InChI=1S/C19H35NO7/c1-12(2)14(5)27-16(21)15(13(3)4)20-17(22)25-10-9-19(6,7)11-26-18(23)24-8/h12-15H,9-11H2,1-8H3,(H,20,22). The molecule has 0 aromatic heterocycles. The molecule has 0 radical (unpaired) electrons. The van der Waals surface area contributed by atoms with E-state index in [1.54, 1.807) is 0 Å². The van der Waals surface area contributed by atoms with Crippen molar-refractivity contribution >= 4 is 18.2 Å². The Morgan fingerprint density at radius 3 is 2.04 bits per heavy atom. The van der Waals surface area contributed by atoms with Crippen LogP contribution < -0.4 is 5.32 Å². The van der Waals surface area contributed by atoms with Crippen molar-refractivity contribution in [1.82, 2.24) is 5.32 Å². The van der Waals surface area contributed by atoms with E-state index in [0.717, 1.165) is 0 Å². The van der Waals surface area contributed by atoms with Crippen molar-refractivity contribution in [3.63, 3.8) is 0 Å². The van der Waals surface area contributed by atoms with Gasteiger partial charge >= 0.3 is 18.2 Å². The number of amides is 1. The number of esters is 1. The van der Waals surface area contributed by atoms with Gasteiger partial charge in [0.1, 0.15) is 18.8 Å². The van der Waals surface area contributed by atoms with Gasteiger partial charge in [0, 0.05) is 5.41 Å². The fourth-order valence-electron chi connectivity index (χ4n) is 1.86. The molecule has 0 aromatic rings. The van der Waals surface area contributed by atoms with E-state index in [1.807, 2.05) is 48.5 Å². The van der Waals surface area contributed by atoms with Crippen LogP contribution in [0.2, 0.25) is 0 Å². The maximum atomic E-state index is 12.3. The summed E-state index contributed by atoms with van der Waals surface area (Å²) in [7, 11) is 1.24. The molecule has 2 atom stereocenters. The topological polar surface area (TPSA) is 100 Å². The molecule has 0 rings (SSSR count). The summed E-state index contributed by atoms with van der Waals surface area (Å²) in [5, 5.41) is 2.57. The van der Waals surface area contributed by atoms with Crippen LogP contribution in [-0.2, 0) is 23.7 Å². The van der Waals surface area contributed by atoms with Crippen LogP contribution in [0.25, 0.3) is 0 Å². The molecule has 1 N–H and O–H groups in total. The maximum absolute atomic E-state index is 12.3. The Morgan fingerprint density at radius 2 is 1.56 bits per heavy atom. The largest absolute Gasteiger partial charge is 0.507 e. The highest BCUT2D eigenvalue weighted by Crippen LogP contribution is 2.21. The lowest BCUT2D eigenvalue weighted by Crippen LogP contribution is -2.46. The van der Waals surface area contributed by atoms with Gasteiger partial charge in [-0.3, -0.25) is 0 Å². The molecule has 0 aliphatic carbocycles. The minimum absolute atomic E-state index is 0.117. The monoisotopic (exact) mass is 389 g/mol. The molecular weight excluding hydrogens is 354 g/mol. The molecule has 1 amide bonds. The third-order valence-corrected chi connectivity index (χ3v) is 4.19. The molecule has 0 saturated carbocycles. The highest BCUT2D eigenvalue weighted by Gasteiger charge is 2.28. The van der Waals surface area contributed by atoms with E-state index >= 15 is 0 Å². The fourth-order valence-corrected chi connectivity index (χ4v) is 1.86. The minimum atomic E-state index is -0.783. The van der Waals surface area contributed by atoms with Crippen molar-refractivity contribution in [3.05, 3.63) is 0 Å². The first kappa shape index (κ1) is 25.0. The molecule has 0 bridgehead atoms. The first-order valence-electron chi connectivity index (χ1n) is 9.24. The highest BCUT2D eigenvalue weighted by molar-refractivity contribution is 5.81. The summed E-state index contributed by atoms with van der Waals surface area (Å²) < 4.78 is 19.9. The lowest BCUT2D eigenvalue weighted by molar-refractivity contribution is -0.153. The van der Waals surface area contributed by atoms with Gasteiger partial charge in [-0.25, -0.2) is 14.4 Å². The first-order valence-corrected chi connectivity index (χ1v) is 9.24. The molecule has 0 aromatic carbocycles. The van der Waals surface area contributed by atoms with Gasteiger partial charge in [-0.2, -0.15) is 0 Å². The van der Waals surface area contributed by atoms with Crippen molar-refractivity contribution < 1.29 is 33.3 Å². The van der Waals surface area contributed by atoms with Gasteiger partial charge in [0.15, 0.2) is 0 Å². The van der Waals surface area contributed by atoms with Crippen LogP contribution in [0.4, 0.5) is 9.59 Å². The van der Waals surface area contributed by atoms with Crippen LogP contribution in [0, 0.1) is 17.3 Å². The molecule has 0 saturated heterocycles. The first-order chi connectivity index (χ1) is 12.4. The zero-order valence-electron chi connectivity index (χ0n) is 17.8. The van der Waals surface area contributed by atoms with Gasteiger partial charge in [0.05, 0.1) is 13.7 Å². The zero-order valence-corrected chi connectivity index (χ0v) is 17.8. The second-order valence-electron chi connectivity index (χ2n) is 8.04. The van der Waals surface area contributed by atoms with E-state index in [2.05, 4.69) is 10.1 Å². The van der Waals surface area contributed by atoms with Gasteiger partial charge in [-0.15, -0.1) is 0 Å². The van der Waals surface area contributed by atoms with E-state index in [0.29, 0.717) is 6.42 Å². The van der Waals surface area contributed by atoms with Gasteiger partial charge in [0.2, 0.25) is 0 Å². The van der Waals surface area contributed by atoms with Crippen molar-refractivity contribution in [2.75, 3.05) is 20.3 Å². The Kier molecular flexibility index (Phi) is 10.8. The highest BCUT2D eigenvalue weighted by atomic mass is 16.7. The summed E-state index contributed by atoms with van der Waals surface area (Å²) >= 11 is 0. The van der Waals surface area contributed by atoms with Crippen LogP contribution in [0.1, 0.15) is 54.9 Å². The molecule has 0 fully saturated rings. The molecule has 0 aliphatic rings. The minimum Gasteiger partial charge on any atom is -0.461 e. The van der Waals surface area contributed by atoms with Crippen LogP contribution in [-0.4, -0.2) is 50.7 Å². The van der Waals surface area contributed by atoms with Crippen molar-refractivity contribution in [2.24, 2.45) is 17.3 Å². The molecule has 0 aliphatic heterocycles. The Labute approximate surface area is 162 Å².